The summed E-state index contributed by atoms with van der Waals surface area (Å²) in [6.07, 6.45) is -4.14. The Morgan fingerprint density at radius 3 is 2.54 bits per heavy atom. The molecule has 1 aromatic rings. The van der Waals surface area contributed by atoms with Crippen molar-refractivity contribution >= 4 is 0 Å². The molecule has 2 N–H and O–H groups in total. The number of aromatic hydroxyl groups is 1. The highest BCUT2D eigenvalue weighted by molar-refractivity contribution is 5.27. The minimum Gasteiger partial charge on any atom is -0.503 e. The molecule has 1 rings (SSSR count). The zero-order valence-corrected chi connectivity index (χ0v) is 6.05. The first-order valence-electron chi connectivity index (χ1n) is 3.06. The Hall–Kier alpha value is -1.66. The number of H-pyrrole nitrogens is 1. The van der Waals surface area contributed by atoms with E-state index in [1.165, 1.54) is 0 Å². The second-order valence-electron chi connectivity index (χ2n) is 2.10. The van der Waals surface area contributed by atoms with E-state index in [4.69, 9.17) is 5.11 Å². The maximum absolute atomic E-state index is 11.6. The number of alkyl halides is 3. The van der Waals surface area contributed by atoms with Crippen molar-refractivity contribution in [3.05, 3.63) is 22.6 Å². The smallest absolute Gasteiger partial charge is 0.503 e. The fraction of sp³-hybridized carbons (Fsp3) is 0.167. The van der Waals surface area contributed by atoms with Crippen molar-refractivity contribution < 1.29 is 23.0 Å². The zero-order chi connectivity index (χ0) is 10.1. The lowest BCUT2D eigenvalue weighted by Gasteiger charge is -2.07. The van der Waals surface area contributed by atoms with Crippen LogP contribution in [0.1, 0.15) is 0 Å². The second-order valence-corrected chi connectivity index (χ2v) is 2.10. The van der Waals surface area contributed by atoms with Crippen LogP contribution < -0.4 is 10.3 Å². The molecule has 0 spiro atoms. The Kier molecular flexibility index (Phi) is 2.18. The summed E-state index contributed by atoms with van der Waals surface area (Å²) in [7, 11) is 0. The van der Waals surface area contributed by atoms with Crippen LogP contribution in [0.4, 0.5) is 13.2 Å². The minimum absolute atomic E-state index is 0.576. The predicted octanol–water partition coefficient (Wildman–Crippen LogP) is 0.979. The second kappa shape index (κ2) is 3.00. The van der Waals surface area contributed by atoms with Gasteiger partial charge < -0.3 is 14.8 Å². The van der Waals surface area contributed by atoms with Gasteiger partial charge in [-0.25, -0.2) is 0 Å². The number of halogens is 3. The van der Waals surface area contributed by atoms with Gasteiger partial charge in [0.15, 0.2) is 5.75 Å². The average molecular weight is 195 g/mol. The highest BCUT2D eigenvalue weighted by atomic mass is 19.4. The third-order valence-corrected chi connectivity index (χ3v) is 1.09. The highest BCUT2D eigenvalue weighted by Gasteiger charge is 2.31. The van der Waals surface area contributed by atoms with E-state index in [2.05, 4.69) is 4.74 Å². The van der Waals surface area contributed by atoms with Crippen molar-refractivity contribution in [1.82, 2.24) is 4.98 Å². The van der Waals surface area contributed by atoms with Gasteiger partial charge in [-0.1, -0.05) is 0 Å². The van der Waals surface area contributed by atoms with Gasteiger partial charge in [-0.2, -0.15) is 0 Å². The minimum atomic E-state index is -4.84. The Labute approximate surface area is 69.6 Å². The summed E-state index contributed by atoms with van der Waals surface area (Å²) in [5.74, 6) is -1.51. The number of hydrogen-bond donors (Lipinski definition) is 2. The summed E-state index contributed by atoms with van der Waals surface area (Å²) in [5.41, 5.74) is -0.880. The monoisotopic (exact) mass is 195 g/mol. The molecule has 0 saturated carbocycles. The van der Waals surface area contributed by atoms with E-state index in [1.807, 2.05) is 4.98 Å². The molecule has 0 aliphatic heterocycles. The predicted molar refractivity (Wildman–Crippen MR) is 35.4 cm³/mol. The van der Waals surface area contributed by atoms with Crippen LogP contribution in [0.5, 0.6) is 11.5 Å². The molecule has 0 aliphatic carbocycles. The molecule has 0 amide bonds. The lowest BCUT2D eigenvalue weighted by Crippen LogP contribution is -2.18. The maximum atomic E-state index is 11.6. The molecule has 1 heterocycles. The Bertz CT molecular complexity index is 357. The number of hydrogen-bond acceptors (Lipinski definition) is 3. The van der Waals surface area contributed by atoms with E-state index in [1.54, 1.807) is 0 Å². The summed E-state index contributed by atoms with van der Waals surface area (Å²) in [5, 5.41) is 8.71. The SMILES string of the molecule is O=c1[nH]cc(OC(F)(F)F)cc1O. The van der Waals surface area contributed by atoms with Crippen LogP contribution >= 0.6 is 0 Å². The highest BCUT2D eigenvalue weighted by Crippen LogP contribution is 2.22. The Morgan fingerprint density at radius 1 is 1.46 bits per heavy atom. The molecule has 0 radical (unpaired) electrons. The lowest BCUT2D eigenvalue weighted by atomic mass is 10.4. The normalized spacial score (nSPS) is 11.3. The van der Waals surface area contributed by atoms with Crippen molar-refractivity contribution in [3.8, 4) is 11.5 Å². The number of aromatic nitrogens is 1. The van der Waals surface area contributed by atoms with Gasteiger partial charge in [0.1, 0.15) is 5.75 Å². The van der Waals surface area contributed by atoms with Crippen molar-refractivity contribution in [1.29, 1.82) is 0 Å². The van der Waals surface area contributed by atoms with Crippen LogP contribution in [-0.2, 0) is 0 Å². The van der Waals surface area contributed by atoms with Crippen molar-refractivity contribution in [2.45, 2.75) is 6.36 Å². The molecule has 0 atom stereocenters. The Morgan fingerprint density at radius 2 is 2.08 bits per heavy atom. The van der Waals surface area contributed by atoms with Gasteiger partial charge in [-0.3, -0.25) is 4.79 Å². The molecule has 0 fully saturated rings. The molecule has 0 aliphatic rings. The van der Waals surface area contributed by atoms with Gasteiger partial charge in [0, 0.05) is 12.3 Å². The van der Waals surface area contributed by atoms with Crippen molar-refractivity contribution in [2.24, 2.45) is 0 Å². The quantitative estimate of drug-likeness (QED) is 0.702. The van der Waals surface area contributed by atoms with Crippen LogP contribution in [0.25, 0.3) is 0 Å². The van der Waals surface area contributed by atoms with Crippen LogP contribution in [-0.4, -0.2) is 16.5 Å². The van der Waals surface area contributed by atoms with Gasteiger partial charge in [-0.15, -0.1) is 13.2 Å². The molecule has 1 aromatic heterocycles. The molecule has 72 valence electrons. The number of pyridine rings is 1. The maximum Gasteiger partial charge on any atom is 0.573 e. The van der Waals surface area contributed by atoms with Crippen LogP contribution in [0.2, 0.25) is 0 Å². The van der Waals surface area contributed by atoms with Gasteiger partial charge in [0.2, 0.25) is 0 Å². The zero-order valence-electron chi connectivity index (χ0n) is 6.05. The van der Waals surface area contributed by atoms with E-state index in [9.17, 15) is 18.0 Å². The van der Waals surface area contributed by atoms with E-state index >= 15 is 0 Å². The summed E-state index contributed by atoms with van der Waals surface area (Å²) < 4.78 is 38.1. The summed E-state index contributed by atoms with van der Waals surface area (Å²) in [6, 6.07) is 0.576. The number of rotatable bonds is 1. The molecular formula is C6H4F3NO3. The van der Waals surface area contributed by atoms with E-state index in [0.717, 1.165) is 0 Å². The molecule has 4 nitrogen and oxygen atoms in total. The molecule has 0 aromatic carbocycles. The van der Waals surface area contributed by atoms with Gasteiger partial charge in [0.05, 0.1) is 0 Å². The molecular weight excluding hydrogens is 191 g/mol. The summed E-state index contributed by atoms with van der Waals surface area (Å²) in [4.78, 5) is 12.4. The first-order valence-corrected chi connectivity index (χ1v) is 3.06. The van der Waals surface area contributed by atoms with Crippen molar-refractivity contribution in [2.75, 3.05) is 0 Å². The van der Waals surface area contributed by atoms with Gasteiger partial charge >= 0.3 is 6.36 Å². The largest absolute Gasteiger partial charge is 0.573 e. The summed E-state index contributed by atoms with van der Waals surface area (Å²) in [6.45, 7) is 0. The van der Waals surface area contributed by atoms with Crippen molar-refractivity contribution in [3.63, 3.8) is 0 Å². The molecule has 0 unspecified atom stereocenters. The van der Waals surface area contributed by atoms with E-state index in [-0.39, 0.29) is 0 Å². The first-order chi connectivity index (χ1) is 5.88. The van der Waals surface area contributed by atoms with Gasteiger partial charge in [-0.05, 0) is 0 Å². The van der Waals surface area contributed by atoms with E-state index in [0.29, 0.717) is 12.3 Å². The first kappa shape index (κ1) is 9.43. The fourth-order valence-electron chi connectivity index (χ4n) is 0.645. The van der Waals surface area contributed by atoms with E-state index < -0.39 is 23.4 Å². The molecule has 7 heteroatoms. The molecule has 0 saturated heterocycles. The number of ether oxygens (including phenoxy) is 1. The molecule has 0 bridgehead atoms. The Balaban J connectivity index is 2.92. The topological polar surface area (TPSA) is 62.3 Å². The third kappa shape index (κ3) is 2.69. The number of nitrogens with one attached hydrogen (secondary N) is 1. The number of aromatic amines is 1. The van der Waals surface area contributed by atoms with Crippen LogP contribution in [0.15, 0.2) is 17.1 Å². The van der Waals surface area contributed by atoms with Crippen LogP contribution in [0, 0.1) is 0 Å². The summed E-state index contributed by atoms with van der Waals surface area (Å²) >= 11 is 0. The third-order valence-electron chi connectivity index (χ3n) is 1.09. The van der Waals surface area contributed by atoms with Gasteiger partial charge in [0.25, 0.3) is 5.56 Å². The van der Waals surface area contributed by atoms with Crippen LogP contribution in [0.3, 0.4) is 0 Å². The lowest BCUT2D eigenvalue weighted by molar-refractivity contribution is -0.274. The fourth-order valence-corrected chi connectivity index (χ4v) is 0.645. The molecule has 13 heavy (non-hydrogen) atoms. The standard InChI is InChI=1S/C6H4F3NO3/c7-6(8,9)13-3-1-4(11)5(12)10-2-3/h1-2,11H,(H,10,12). The average Bonchev–Trinajstić information content (AvgIpc) is 1.94.